The summed E-state index contributed by atoms with van der Waals surface area (Å²) in [6, 6.07) is 7.31. The predicted molar refractivity (Wildman–Crippen MR) is 171 cm³/mol. The lowest BCUT2D eigenvalue weighted by Gasteiger charge is -2.28. The molecule has 0 radical (unpaired) electrons. The molecule has 6 atom stereocenters. The van der Waals surface area contributed by atoms with Crippen molar-refractivity contribution in [2.75, 3.05) is 26.1 Å². The van der Waals surface area contributed by atoms with Gasteiger partial charge in [0.2, 0.25) is 11.8 Å². The zero-order valence-corrected chi connectivity index (χ0v) is 28.1. The number of carbonyl (C=O) groups excluding carboxylic acids is 1. The molecule has 0 bridgehead atoms. The molecule has 1 aromatic carbocycles. The van der Waals surface area contributed by atoms with E-state index in [0.717, 1.165) is 0 Å². The topological polar surface area (TPSA) is 215 Å². The summed E-state index contributed by atoms with van der Waals surface area (Å²) in [5.74, 6) is -0.120. The van der Waals surface area contributed by atoms with Crippen LogP contribution in [0.3, 0.4) is 0 Å². The molecule has 1 saturated heterocycles. The van der Waals surface area contributed by atoms with Crippen LogP contribution >= 0.6 is 7.75 Å². The Hall–Kier alpha value is -3.92. The molecule has 254 valence electrons. The number of esters is 1. The van der Waals surface area contributed by atoms with Crippen molar-refractivity contribution in [1.82, 2.24) is 29.6 Å². The van der Waals surface area contributed by atoms with Crippen molar-refractivity contribution in [3.8, 4) is 11.6 Å². The number of rotatable bonds is 11. The van der Waals surface area contributed by atoms with E-state index < -0.39 is 50.4 Å². The van der Waals surface area contributed by atoms with Crippen LogP contribution in [0.4, 0.5) is 5.95 Å². The molecule has 1 aliphatic rings. The van der Waals surface area contributed by atoms with Crippen LogP contribution in [0.1, 0.15) is 46.7 Å². The molecular formula is C30H40N7O9P. The summed E-state index contributed by atoms with van der Waals surface area (Å²) in [6.07, 6.45) is -2.36. The average molecular weight is 674 g/mol. The third-order valence-corrected chi connectivity index (χ3v) is 9.09. The number of nitrogen functional groups attached to an aromatic ring is 1. The van der Waals surface area contributed by atoms with Gasteiger partial charge in [0.25, 0.3) is 0 Å². The second kappa shape index (κ2) is 12.9. The lowest BCUT2D eigenvalue weighted by molar-refractivity contribution is -0.148. The highest BCUT2D eigenvalue weighted by atomic mass is 31.2. The third-order valence-electron chi connectivity index (χ3n) is 7.45. The van der Waals surface area contributed by atoms with E-state index in [1.165, 1.54) is 25.5 Å². The Kier molecular flexibility index (Phi) is 9.48. The highest BCUT2D eigenvalue weighted by molar-refractivity contribution is 7.52. The van der Waals surface area contributed by atoms with Crippen LogP contribution in [0.25, 0.3) is 22.1 Å². The van der Waals surface area contributed by atoms with E-state index in [-0.39, 0.29) is 40.8 Å². The number of benzene rings is 1. The molecule has 0 saturated carbocycles. The summed E-state index contributed by atoms with van der Waals surface area (Å²) < 4.78 is 44.2. The largest absolute Gasteiger partial charge is 0.479 e. The SMILES string of the molecule is COc1nc(N)nc2c1nc(C)n2C1OC(COP(=O)(NC(C)C(=O)OCC(C)(C)C)Oc2ccc3ncccc3c2)C(O)C1(C)O. The van der Waals surface area contributed by atoms with Crippen molar-refractivity contribution >= 4 is 41.7 Å². The highest BCUT2D eigenvalue weighted by Crippen LogP contribution is 2.48. The number of nitrogens with zero attached hydrogens (tertiary/aromatic N) is 5. The predicted octanol–water partition coefficient (Wildman–Crippen LogP) is 3.05. The maximum absolute atomic E-state index is 14.3. The van der Waals surface area contributed by atoms with Gasteiger partial charge in [-0.3, -0.25) is 18.9 Å². The van der Waals surface area contributed by atoms with Gasteiger partial charge in [-0.05, 0) is 50.5 Å². The number of anilines is 1. The van der Waals surface area contributed by atoms with Gasteiger partial charge in [0.05, 0.1) is 25.8 Å². The third kappa shape index (κ3) is 7.32. The van der Waals surface area contributed by atoms with Crippen LogP contribution in [-0.2, 0) is 23.4 Å². The molecule has 47 heavy (non-hydrogen) atoms. The van der Waals surface area contributed by atoms with Crippen molar-refractivity contribution in [2.24, 2.45) is 5.41 Å². The van der Waals surface area contributed by atoms with E-state index >= 15 is 0 Å². The minimum absolute atomic E-state index is 0.0997. The zero-order chi connectivity index (χ0) is 34.3. The number of aromatic nitrogens is 5. The summed E-state index contributed by atoms with van der Waals surface area (Å²) in [5.41, 5.74) is 4.84. The summed E-state index contributed by atoms with van der Waals surface area (Å²) in [7, 11) is -2.97. The van der Waals surface area contributed by atoms with Gasteiger partial charge in [0, 0.05) is 11.6 Å². The van der Waals surface area contributed by atoms with Crippen molar-refractivity contribution < 1.29 is 42.8 Å². The van der Waals surface area contributed by atoms with Crippen molar-refractivity contribution in [3.05, 3.63) is 42.4 Å². The molecule has 17 heteroatoms. The standard InChI is InChI=1S/C30H40N7O9P/c1-16(26(39)43-15-29(3,4)5)36-47(41,46-19-10-11-20-18(13-19)9-8-12-32-20)44-14-21-23(38)30(6,40)27(45-21)37-17(2)33-22-24(37)34-28(31)35-25(22)42-7/h8-13,16,21,23,27,38,40H,14-15H2,1-7H3,(H,36,41)(H2,31,34,35). The first-order valence-electron chi connectivity index (χ1n) is 14.9. The van der Waals surface area contributed by atoms with Gasteiger partial charge < -0.3 is 34.7 Å². The fourth-order valence-corrected chi connectivity index (χ4v) is 6.56. The van der Waals surface area contributed by atoms with Gasteiger partial charge in [0.15, 0.2) is 17.4 Å². The number of aryl methyl sites for hydroxylation is 1. The maximum atomic E-state index is 14.3. The van der Waals surface area contributed by atoms with Gasteiger partial charge in [-0.1, -0.05) is 26.8 Å². The summed E-state index contributed by atoms with van der Waals surface area (Å²) in [6.45, 7) is 9.82. The Morgan fingerprint density at radius 1 is 1.26 bits per heavy atom. The van der Waals surface area contributed by atoms with E-state index in [2.05, 4.69) is 25.0 Å². The van der Waals surface area contributed by atoms with Crippen LogP contribution in [0.5, 0.6) is 11.6 Å². The smallest absolute Gasteiger partial charge is 0.459 e. The Balaban J connectivity index is 1.40. The number of carbonyl (C=O) groups is 1. The molecule has 0 spiro atoms. The number of methoxy groups -OCH3 is 1. The minimum Gasteiger partial charge on any atom is -0.479 e. The molecule has 0 aliphatic carbocycles. The van der Waals surface area contributed by atoms with E-state index in [1.54, 1.807) is 37.4 Å². The van der Waals surface area contributed by atoms with Crippen molar-refractivity contribution in [3.63, 3.8) is 0 Å². The summed E-state index contributed by atoms with van der Waals surface area (Å²) in [4.78, 5) is 29.8. The fraction of sp³-hybridized carbons (Fsp3) is 0.500. The number of nitrogens with two attached hydrogens (primary N) is 1. The molecule has 0 amide bonds. The number of hydrogen-bond acceptors (Lipinski definition) is 14. The number of nitrogens with one attached hydrogen (secondary N) is 1. The van der Waals surface area contributed by atoms with E-state index in [4.69, 9.17) is 29.0 Å². The van der Waals surface area contributed by atoms with Gasteiger partial charge >= 0.3 is 13.7 Å². The van der Waals surface area contributed by atoms with Crippen LogP contribution in [0.15, 0.2) is 36.5 Å². The fourth-order valence-electron chi connectivity index (χ4n) is 5.06. The first-order valence-corrected chi connectivity index (χ1v) is 16.4. The molecule has 1 fully saturated rings. The Morgan fingerprint density at radius 3 is 2.70 bits per heavy atom. The Bertz CT molecular complexity index is 1830. The van der Waals surface area contributed by atoms with Gasteiger partial charge in [-0.25, -0.2) is 9.55 Å². The van der Waals surface area contributed by atoms with Crippen LogP contribution < -0.4 is 20.1 Å². The van der Waals surface area contributed by atoms with Gasteiger partial charge in [0.1, 0.15) is 35.4 Å². The molecule has 4 heterocycles. The lowest BCUT2D eigenvalue weighted by atomic mass is 9.96. The second-order valence-electron chi connectivity index (χ2n) is 12.8. The van der Waals surface area contributed by atoms with Crippen LogP contribution in [-0.4, -0.2) is 84.9 Å². The highest BCUT2D eigenvalue weighted by Gasteiger charge is 2.54. The molecule has 3 aromatic heterocycles. The van der Waals surface area contributed by atoms with E-state index in [0.29, 0.717) is 16.7 Å². The molecule has 5 N–H and O–H groups in total. The quantitative estimate of drug-likeness (QED) is 0.133. The minimum atomic E-state index is -4.38. The Morgan fingerprint density at radius 2 is 2.00 bits per heavy atom. The second-order valence-corrected chi connectivity index (χ2v) is 14.4. The summed E-state index contributed by atoms with van der Waals surface area (Å²) >= 11 is 0. The zero-order valence-electron chi connectivity index (χ0n) is 27.2. The van der Waals surface area contributed by atoms with E-state index in [1.807, 2.05) is 26.8 Å². The number of ether oxygens (including phenoxy) is 3. The number of aliphatic hydroxyl groups excluding tert-OH is 1. The number of imidazole rings is 1. The number of aliphatic hydroxyl groups is 2. The lowest BCUT2D eigenvalue weighted by Crippen LogP contribution is -2.44. The molecule has 4 aromatic rings. The number of hydrogen-bond donors (Lipinski definition) is 4. The maximum Gasteiger partial charge on any atom is 0.459 e. The molecule has 16 nitrogen and oxygen atoms in total. The monoisotopic (exact) mass is 673 g/mol. The van der Waals surface area contributed by atoms with E-state index in [9.17, 15) is 19.6 Å². The first kappa shape index (κ1) is 34.4. The molecule has 5 rings (SSSR count). The molecule has 1 aliphatic heterocycles. The van der Waals surface area contributed by atoms with Crippen molar-refractivity contribution in [2.45, 2.75) is 71.6 Å². The van der Waals surface area contributed by atoms with Crippen molar-refractivity contribution in [1.29, 1.82) is 0 Å². The normalized spacial score (nSPS) is 23.5. The average Bonchev–Trinajstić information content (AvgIpc) is 3.44. The first-order chi connectivity index (χ1) is 22.0. The van der Waals surface area contributed by atoms with Gasteiger partial charge in [-0.15, -0.1) is 0 Å². The molecular weight excluding hydrogens is 633 g/mol. The van der Waals surface area contributed by atoms with Crippen LogP contribution in [0, 0.1) is 12.3 Å². The van der Waals surface area contributed by atoms with Gasteiger partial charge in [-0.2, -0.15) is 15.1 Å². The number of fused-ring (bicyclic) bond motifs is 2. The molecule has 6 unspecified atom stereocenters. The number of pyridine rings is 1. The van der Waals surface area contributed by atoms with Crippen LogP contribution in [0.2, 0.25) is 0 Å². The summed E-state index contributed by atoms with van der Waals surface area (Å²) in [5, 5.41) is 26.1. The Labute approximate surface area is 271 Å².